The highest BCUT2D eigenvalue weighted by Gasteiger charge is 2.30. The topological polar surface area (TPSA) is 15.5 Å². The second kappa shape index (κ2) is 3.94. The van der Waals surface area contributed by atoms with Gasteiger partial charge in [-0.2, -0.15) is 5.06 Å². The van der Waals surface area contributed by atoms with Crippen LogP contribution in [0.2, 0.25) is 0 Å². The van der Waals surface area contributed by atoms with Gasteiger partial charge in [-0.3, -0.25) is 4.84 Å². The molecule has 10 heavy (non-hydrogen) atoms. The summed E-state index contributed by atoms with van der Waals surface area (Å²) < 4.78 is 0. The van der Waals surface area contributed by atoms with Crippen molar-refractivity contribution in [2.24, 2.45) is 0 Å². The first-order chi connectivity index (χ1) is 4.84. The fraction of sp³-hybridized carbons (Fsp3) is 1.00. The molecule has 60 valence electrons. The monoisotopic (exact) mass is 143 g/mol. The molecule has 1 saturated heterocycles. The summed E-state index contributed by atoms with van der Waals surface area (Å²) in [6.07, 6.45) is 7.05. The van der Waals surface area contributed by atoms with Crippen LogP contribution >= 0.6 is 0 Å². The molecule has 0 bridgehead atoms. The Morgan fingerprint density at radius 2 is 2.00 bits per heavy atom. The molecular weight excluding hydrogens is 126 g/mol. The summed E-state index contributed by atoms with van der Waals surface area (Å²) >= 11 is 0. The summed E-state index contributed by atoms with van der Waals surface area (Å²) in [4.78, 5) is 5.13. The quantitative estimate of drug-likeness (QED) is 0.433. The van der Waals surface area contributed by atoms with Gasteiger partial charge < -0.3 is 0 Å². The average molecular weight is 143 g/mol. The van der Waals surface area contributed by atoms with Crippen molar-refractivity contribution in [1.82, 2.24) is 5.06 Å². The Bertz CT molecular complexity index is 95.3. The second-order valence-electron chi connectivity index (χ2n) is 2.96. The van der Waals surface area contributed by atoms with Crippen LogP contribution in [-0.4, -0.2) is 18.3 Å². The predicted molar refractivity (Wildman–Crippen MR) is 41.4 cm³/mol. The number of nitrogens with zero attached hydrogens (tertiary/aromatic N) is 1. The molecule has 1 heterocycles. The van der Waals surface area contributed by atoms with E-state index >= 15 is 0 Å². The SMILES string of the molecule is CCCCCCC1ON1C. The van der Waals surface area contributed by atoms with Crippen molar-refractivity contribution in [2.45, 2.75) is 45.3 Å². The first-order valence-corrected chi connectivity index (χ1v) is 4.24. The number of unbranched alkanes of at least 4 members (excludes halogenated alkanes) is 3. The van der Waals surface area contributed by atoms with E-state index in [9.17, 15) is 0 Å². The van der Waals surface area contributed by atoms with E-state index in [4.69, 9.17) is 4.84 Å². The first kappa shape index (κ1) is 8.02. The van der Waals surface area contributed by atoms with Gasteiger partial charge in [0.05, 0.1) is 0 Å². The Morgan fingerprint density at radius 3 is 2.50 bits per heavy atom. The Labute approximate surface area is 63.1 Å². The Hall–Kier alpha value is -0.0800. The standard InChI is InChI=1S/C8H17NO/c1-3-4-5-6-7-8-9(2)10-8/h8H,3-7H2,1-2H3. The summed E-state index contributed by atoms with van der Waals surface area (Å²) in [6.45, 7) is 2.24. The molecule has 0 N–H and O–H groups in total. The largest absolute Gasteiger partial charge is 0.275 e. The van der Waals surface area contributed by atoms with Crippen LogP contribution in [0, 0.1) is 0 Å². The lowest BCUT2D eigenvalue weighted by atomic mass is 10.1. The minimum absolute atomic E-state index is 0.455. The Balaban J connectivity index is 1.78. The molecule has 2 atom stereocenters. The number of hydrogen-bond acceptors (Lipinski definition) is 2. The molecule has 0 aromatic carbocycles. The molecule has 0 amide bonds. The minimum Gasteiger partial charge on any atom is -0.275 e. The maximum Gasteiger partial charge on any atom is 0.154 e. The fourth-order valence-electron chi connectivity index (χ4n) is 1.14. The van der Waals surface area contributed by atoms with Crippen LogP contribution in [0.1, 0.15) is 39.0 Å². The van der Waals surface area contributed by atoms with E-state index in [1.54, 1.807) is 0 Å². The molecule has 0 aromatic heterocycles. The summed E-state index contributed by atoms with van der Waals surface area (Å²) in [7, 11) is 1.99. The molecule has 1 rings (SSSR count). The molecule has 0 spiro atoms. The summed E-state index contributed by atoms with van der Waals surface area (Å²) in [5.74, 6) is 0. The molecular formula is C8H17NO. The average Bonchev–Trinajstić information content (AvgIpc) is 2.60. The van der Waals surface area contributed by atoms with E-state index in [2.05, 4.69) is 6.92 Å². The van der Waals surface area contributed by atoms with E-state index in [1.165, 1.54) is 32.1 Å². The predicted octanol–water partition coefficient (Wildman–Crippen LogP) is 2.16. The minimum atomic E-state index is 0.455. The van der Waals surface area contributed by atoms with Gasteiger partial charge in [-0.15, -0.1) is 0 Å². The highest BCUT2D eigenvalue weighted by atomic mass is 16.8. The summed E-state index contributed by atoms with van der Waals surface area (Å²) in [6, 6.07) is 0. The lowest BCUT2D eigenvalue weighted by Gasteiger charge is -1.93. The van der Waals surface area contributed by atoms with Crippen LogP contribution in [0.3, 0.4) is 0 Å². The van der Waals surface area contributed by atoms with Crippen molar-refractivity contribution < 1.29 is 4.84 Å². The summed E-state index contributed by atoms with van der Waals surface area (Å²) in [5, 5.41) is 1.92. The molecule has 0 aromatic rings. The normalized spacial score (nSPS) is 30.6. The van der Waals surface area contributed by atoms with E-state index in [0.717, 1.165) is 0 Å². The number of hydroxylamine groups is 2. The van der Waals surface area contributed by atoms with Crippen molar-refractivity contribution in [1.29, 1.82) is 0 Å². The van der Waals surface area contributed by atoms with Crippen molar-refractivity contribution >= 4 is 0 Å². The van der Waals surface area contributed by atoms with E-state index in [0.29, 0.717) is 6.23 Å². The molecule has 2 unspecified atom stereocenters. The smallest absolute Gasteiger partial charge is 0.154 e. The van der Waals surface area contributed by atoms with Gasteiger partial charge in [0.2, 0.25) is 0 Å². The van der Waals surface area contributed by atoms with Crippen molar-refractivity contribution in [3.63, 3.8) is 0 Å². The maximum atomic E-state index is 5.13. The zero-order valence-corrected chi connectivity index (χ0v) is 6.97. The molecule has 0 saturated carbocycles. The van der Waals surface area contributed by atoms with Gasteiger partial charge in [0.15, 0.2) is 6.23 Å². The van der Waals surface area contributed by atoms with Crippen molar-refractivity contribution in [3.8, 4) is 0 Å². The van der Waals surface area contributed by atoms with Crippen molar-refractivity contribution in [2.75, 3.05) is 7.05 Å². The van der Waals surface area contributed by atoms with Gasteiger partial charge >= 0.3 is 0 Å². The zero-order valence-electron chi connectivity index (χ0n) is 6.97. The number of rotatable bonds is 5. The van der Waals surface area contributed by atoms with Crippen LogP contribution in [0.15, 0.2) is 0 Å². The molecule has 2 heteroatoms. The number of hydrogen-bond donors (Lipinski definition) is 0. The van der Waals surface area contributed by atoms with E-state index in [1.807, 2.05) is 12.1 Å². The third kappa shape index (κ3) is 2.67. The maximum absolute atomic E-state index is 5.13. The third-order valence-corrected chi connectivity index (χ3v) is 1.95. The Kier molecular flexibility index (Phi) is 3.16. The van der Waals surface area contributed by atoms with Crippen molar-refractivity contribution in [3.05, 3.63) is 0 Å². The summed E-state index contributed by atoms with van der Waals surface area (Å²) in [5.41, 5.74) is 0. The molecule has 1 fully saturated rings. The van der Waals surface area contributed by atoms with Gasteiger partial charge in [-0.1, -0.05) is 26.2 Å². The van der Waals surface area contributed by atoms with Gasteiger partial charge in [-0.05, 0) is 12.8 Å². The molecule has 2 nitrogen and oxygen atoms in total. The molecule has 0 aliphatic carbocycles. The van der Waals surface area contributed by atoms with Crippen LogP contribution in [-0.2, 0) is 4.84 Å². The van der Waals surface area contributed by atoms with E-state index < -0.39 is 0 Å². The van der Waals surface area contributed by atoms with Gasteiger partial charge in [0.25, 0.3) is 0 Å². The molecule has 1 aliphatic rings. The lowest BCUT2D eigenvalue weighted by molar-refractivity contribution is 0.232. The van der Waals surface area contributed by atoms with Crippen LogP contribution in [0.5, 0.6) is 0 Å². The van der Waals surface area contributed by atoms with Crippen LogP contribution in [0.25, 0.3) is 0 Å². The van der Waals surface area contributed by atoms with Gasteiger partial charge in [0, 0.05) is 7.05 Å². The molecule has 1 aliphatic heterocycles. The van der Waals surface area contributed by atoms with Crippen LogP contribution in [0.4, 0.5) is 0 Å². The third-order valence-electron chi connectivity index (χ3n) is 1.95. The zero-order chi connectivity index (χ0) is 7.40. The molecule has 0 radical (unpaired) electrons. The van der Waals surface area contributed by atoms with Gasteiger partial charge in [0.1, 0.15) is 0 Å². The second-order valence-corrected chi connectivity index (χ2v) is 2.96. The highest BCUT2D eigenvalue weighted by Crippen LogP contribution is 2.22. The lowest BCUT2D eigenvalue weighted by Crippen LogP contribution is -1.93. The Morgan fingerprint density at radius 1 is 1.30 bits per heavy atom. The van der Waals surface area contributed by atoms with E-state index in [-0.39, 0.29) is 0 Å². The highest BCUT2D eigenvalue weighted by molar-refractivity contribution is 4.60. The van der Waals surface area contributed by atoms with Crippen LogP contribution < -0.4 is 0 Å². The van der Waals surface area contributed by atoms with Gasteiger partial charge in [-0.25, -0.2) is 0 Å². The first-order valence-electron chi connectivity index (χ1n) is 4.24. The fourth-order valence-corrected chi connectivity index (χ4v) is 1.14.